The molecule has 0 radical (unpaired) electrons. The van der Waals surface area contributed by atoms with Gasteiger partial charge in [0.1, 0.15) is 6.54 Å². The molecule has 1 fully saturated rings. The molecule has 0 unspecified atom stereocenters. The Hall–Kier alpha value is -2.43. The second-order valence-electron chi connectivity index (χ2n) is 8.20. The van der Waals surface area contributed by atoms with Crippen molar-refractivity contribution in [2.75, 3.05) is 35.5 Å². The van der Waals surface area contributed by atoms with Crippen molar-refractivity contribution in [2.24, 2.45) is 0 Å². The van der Waals surface area contributed by atoms with E-state index in [1.165, 1.54) is 28.6 Å². The van der Waals surface area contributed by atoms with Crippen LogP contribution in [0.2, 0.25) is 0 Å². The molecule has 1 amide bonds. The zero-order chi connectivity index (χ0) is 23.7. The highest BCUT2D eigenvalue weighted by molar-refractivity contribution is 7.92. The number of hydrogen-bond donors (Lipinski definition) is 1. The minimum Gasteiger partial charge on any atom is -0.325 e. The summed E-state index contributed by atoms with van der Waals surface area (Å²) >= 11 is 0. The third-order valence-electron chi connectivity index (χ3n) is 5.41. The molecule has 1 heterocycles. The van der Waals surface area contributed by atoms with E-state index in [1.54, 1.807) is 0 Å². The molecule has 2 aromatic rings. The average Bonchev–Trinajstić information content (AvgIpc) is 3.22. The van der Waals surface area contributed by atoms with Gasteiger partial charge in [-0.3, -0.25) is 9.10 Å². The number of sulfonamides is 2. The van der Waals surface area contributed by atoms with E-state index in [-0.39, 0.29) is 4.90 Å². The molecule has 0 saturated carbocycles. The summed E-state index contributed by atoms with van der Waals surface area (Å²) < 4.78 is 52.7. The number of carbonyl (C=O) groups excluding carboxylic acids is 1. The zero-order valence-corrected chi connectivity index (χ0v) is 20.4. The van der Waals surface area contributed by atoms with Crippen LogP contribution in [-0.4, -0.2) is 52.9 Å². The smallest absolute Gasteiger partial charge is 0.245 e. The van der Waals surface area contributed by atoms with E-state index in [2.05, 4.69) is 5.32 Å². The fourth-order valence-electron chi connectivity index (χ4n) is 4.05. The van der Waals surface area contributed by atoms with Crippen LogP contribution in [0.3, 0.4) is 0 Å². The highest BCUT2D eigenvalue weighted by Crippen LogP contribution is 2.28. The molecular weight excluding hydrogens is 450 g/mol. The number of amides is 1. The molecule has 32 heavy (non-hydrogen) atoms. The van der Waals surface area contributed by atoms with Crippen LogP contribution >= 0.6 is 0 Å². The summed E-state index contributed by atoms with van der Waals surface area (Å²) in [6.45, 7) is 6.18. The summed E-state index contributed by atoms with van der Waals surface area (Å²) in [5.41, 5.74) is 3.40. The Morgan fingerprint density at radius 2 is 1.50 bits per heavy atom. The maximum Gasteiger partial charge on any atom is 0.245 e. The molecule has 174 valence electrons. The van der Waals surface area contributed by atoms with Crippen molar-refractivity contribution < 1.29 is 21.6 Å². The first-order valence-electron chi connectivity index (χ1n) is 10.4. The van der Waals surface area contributed by atoms with E-state index in [1.807, 2.05) is 32.9 Å². The molecule has 0 atom stereocenters. The average molecular weight is 480 g/mol. The summed E-state index contributed by atoms with van der Waals surface area (Å²) in [4.78, 5) is 12.8. The predicted octanol–water partition coefficient (Wildman–Crippen LogP) is 2.80. The number of nitrogens with zero attached hydrogens (tertiary/aromatic N) is 2. The number of rotatable bonds is 7. The Morgan fingerprint density at radius 1 is 0.969 bits per heavy atom. The molecule has 0 aromatic heterocycles. The minimum absolute atomic E-state index is 0.168. The number of hydrogen-bond acceptors (Lipinski definition) is 5. The molecule has 1 saturated heterocycles. The summed E-state index contributed by atoms with van der Waals surface area (Å²) in [6.07, 6.45) is 2.77. The van der Waals surface area contributed by atoms with E-state index >= 15 is 0 Å². The van der Waals surface area contributed by atoms with E-state index in [4.69, 9.17) is 0 Å². The summed E-state index contributed by atoms with van der Waals surface area (Å²) in [7, 11) is -7.25. The second-order valence-corrected chi connectivity index (χ2v) is 12.0. The Bertz CT molecular complexity index is 1190. The largest absolute Gasteiger partial charge is 0.325 e. The van der Waals surface area contributed by atoms with Gasteiger partial charge in [0, 0.05) is 18.8 Å². The van der Waals surface area contributed by atoms with Crippen molar-refractivity contribution in [1.29, 1.82) is 0 Å². The number of aryl methyl sites for hydroxylation is 3. The van der Waals surface area contributed by atoms with Crippen molar-refractivity contribution in [2.45, 2.75) is 38.5 Å². The van der Waals surface area contributed by atoms with Gasteiger partial charge in [-0.15, -0.1) is 0 Å². The maximum atomic E-state index is 12.7. The van der Waals surface area contributed by atoms with Gasteiger partial charge < -0.3 is 5.32 Å². The first-order valence-corrected chi connectivity index (χ1v) is 13.6. The van der Waals surface area contributed by atoms with Gasteiger partial charge in [0.15, 0.2) is 0 Å². The summed E-state index contributed by atoms with van der Waals surface area (Å²) in [5, 5.41) is 2.66. The lowest BCUT2D eigenvalue weighted by Gasteiger charge is -2.26. The fraction of sp³-hybridized carbons (Fsp3) is 0.409. The molecule has 0 aliphatic carbocycles. The van der Waals surface area contributed by atoms with Crippen LogP contribution < -0.4 is 9.62 Å². The molecule has 0 bridgehead atoms. The highest BCUT2D eigenvalue weighted by atomic mass is 32.2. The molecule has 10 heteroatoms. The van der Waals surface area contributed by atoms with Crippen molar-refractivity contribution >= 4 is 37.3 Å². The zero-order valence-electron chi connectivity index (χ0n) is 18.8. The van der Waals surface area contributed by atoms with E-state index < -0.39 is 32.5 Å². The van der Waals surface area contributed by atoms with Crippen LogP contribution in [0, 0.1) is 20.8 Å². The summed E-state index contributed by atoms with van der Waals surface area (Å²) in [6, 6.07) is 9.66. The fourth-order valence-corrected chi connectivity index (χ4v) is 6.54. The van der Waals surface area contributed by atoms with E-state index in [0.717, 1.165) is 40.1 Å². The predicted molar refractivity (Wildman–Crippen MR) is 126 cm³/mol. The second kappa shape index (κ2) is 9.21. The molecule has 1 aliphatic rings. The van der Waals surface area contributed by atoms with Crippen LogP contribution in [0.15, 0.2) is 41.3 Å². The van der Waals surface area contributed by atoms with Gasteiger partial charge >= 0.3 is 0 Å². The molecule has 2 aromatic carbocycles. The van der Waals surface area contributed by atoms with Crippen LogP contribution in [0.25, 0.3) is 0 Å². The molecule has 1 N–H and O–H groups in total. The van der Waals surface area contributed by atoms with E-state index in [0.29, 0.717) is 24.5 Å². The van der Waals surface area contributed by atoms with Crippen LogP contribution in [0.1, 0.15) is 29.5 Å². The lowest BCUT2D eigenvalue weighted by molar-refractivity contribution is -0.114. The van der Waals surface area contributed by atoms with Crippen molar-refractivity contribution in [1.82, 2.24) is 4.31 Å². The standard InChI is InChI=1S/C22H29N3O5S2/c1-16-13-17(2)22(18(3)14-16)25(31(4,27)28)15-21(26)23-19-7-9-20(10-8-19)32(29,30)24-11-5-6-12-24/h7-10,13-14H,5-6,11-12,15H2,1-4H3,(H,23,26). The summed E-state index contributed by atoms with van der Waals surface area (Å²) in [5.74, 6) is -0.523. The lowest BCUT2D eigenvalue weighted by Crippen LogP contribution is -2.38. The molecule has 1 aliphatic heterocycles. The molecule has 8 nitrogen and oxygen atoms in total. The van der Waals surface area contributed by atoms with Gasteiger partial charge in [-0.1, -0.05) is 17.7 Å². The highest BCUT2D eigenvalue weighted by Gasteiger charge is 2.27. The van der Waals surface area contributed by atoms with Crippen LogP contribution in [0.5, 0.6) is 0 Å². The third kappa shape index (κ3) is 5.31. The Morgan fingerprint density at radius 3 is 2.00 bits per heavy atom. The van der Waals surface area contributed by atoms with Gasteiger partial charge in [-0.2, -0.15) is 4.31 Å². The number of nitrogens with one attached hydrogen (secondary N) is 1. The van der Waals surface area contributed by atoms with Gasteiger partial charge in [0.2, 0.25) is 26.0 Å². The first-order chi connectivity index (χ1) is 14.9. The van der Waals surface area contributed by atoms with Gasteiger partial charge in [-0.25, -0.2) is 16.8 Å². The van der Waals surface area contributed by atoms with E-state index in [9.17, 15) is 21.6 Å². The van der Waals surface area contributed by atoms with Gasteiger partial charge in [0.25, 0.3) is 0 Å². The van der Waals surface area contributed by atoms with Crippen molar-refractivity contribution in [3.8, 4) is 0 Å². The van der Waals surface area contributed by atoms with Crippen LogP contribution in [-0.2, 0) is 24.8 Å². The molecular formula is C22H29N3O5S2. The quantitative estimate of drug-likeness (QED) is 0.658. The number of carbonyl (C=O) groups is 1. The number of anilines is 2. The van der Waals surface area contributed by atoms with Gasteiger partial charge in [-0.05, 0) is 69.0 Å². The molecule has 0 spiro atoms. The topological polar surface area (TPSA) is 104 Å². The normalized spacial score (nSPS) is 15.0. The minimum atomic E-state index is -3.71. The maximum absolute atomic E-state index is 12.7. The monoisotopic (exact) mass is 479 g/mol. The Balaban J connectivity index is 1.77. The lowest BCUT2D eigenvalue weighted by atomic mass is 10.1. The van der Waals surface area contributed by atoms with Gasteiger partial charge in [0.05, 0.1) is 16.8 Å². The first kappa shape index (κ1) is 24.2. The number of benzene rings is 2. The van der Waals surface area contributed by atoms with Crippen molar-refractivity contribution in [3.63, 3.8) is 0 Å². The van der Waals surface area contributed by atoms with Crippen molar-refractivity contribution in [3.05, 3.63) is 53.1 Å². The SMILES string of the molecule is Cc1cc(C)c(N(CC(=O)Nc2ccc(S(=O)(=O)N3CCCC3)cc2)S(C)(=O)=O)c(C)c1. The third-order valence-corrected chi connectivity index (χ3v) is 8.44. The Labute approximate surface area is 190 Å². The molecule has 3 rings (SSSR count). The Kier molecular flexibility index (Phi) is 6.97. The van der Waals surface area contributed by atoms with Crippen LogP contribution in [0.4, 0.5) is 11.4 Å².